The smallest absolute Gasteiger partial charge is 0.335 e. The zero-order valence-electron chi connectivity index (χ0n) is 16.2. The van der Waals surface area contributed by atoms with Gasteiger partial charge in [-0.15, -0.1) is 0 Å². The molecule has 2 aromatic rings. The van der Waals surface area contributed by atoms with E-state index in [1.165, 1.54) is 6.08 Å². The standard InChI is InChI=1S/C22H23N3O3/c1-4-24(5-2)17-12-8-16(9-13-17)14-19-20(26)23-22(28)25(21(19)27)18-10-6-15(3)7-11-18/h6-14H,4-5H2,1-3H3,(H,23,26,28)/b19-14-. The number of hydrogen-bond acceptors (Lipinski definition) is 4. The molecule has 0 spiro atoms. The maximum atomic E-state index is 12.9. The Morgan fingerprint density at radius 1 is 0.929 bits per heavy atom. The van der Waals surface area contributed by atoms with Crippen molar-refractivity contribution in [2.45, 2.75) is 20.8 Å². The van der Waals surface area contributed by atoms with Crippen LogP contribution in [0.2, 0.25) is 0 Å². The fourth-order valence-corrected chi connectivity index (χ4v) is 3.12. The minimum Gasteiger partial charge on any atom is -0.372 e. The number of nitrogens with one attached hydrogen (secondary N) is 1. The van der Waals surface area contributed by atoms with Gasteiger partial charge in [-0.3, -0.25) is 14.9 Å². The summed E-state index contributed by atoms with van der Waals surface area (Å²) in [6, 6.07) is 13.8. The van der Waals surface area contributed by atoms with Gasteiger partial charge in [0.25, 0.3) is 11.8 Å². The van der Waals surface area contributed by atoms with Crippen molar-refractivity contribution in [3.8, 4) is 0 Å². The molecule has 1 heterocycles. The van der Waals surface area contributed by atoms with Crippen LogP contribution >= 0.6 is 0 Å². The number of carbonyl (C=O) groups excluding carboxylic acids is 3. The second-order valence-electron chi connectivity index (χ2n) is 6.56. The minimum atomic E-state index is -0.743. The van der Waals surface area contributed by atoms with E-state index in [0.717, 1.165) is 29.2 Å². The van der Waals surface area contributed by atoms with Crippen LogP contribution in [0.4, 0.5) is 16.2 Å². The lowest BCUT2D eigenvalue weighted by molar-refractivity contribution is -0.122. The quantitative estimate of drug-likeness (QED) is 0.639. The van der Waals surface area contributed by atoms with Crippen molar-refractivity contribution in [1.29, 1.82) is 0 Å². The lowest BCUT2D eigenvalue weighted by atomic mass is 10.1. The molecule has 3 rings (SSSR count). The Morgan fingerprint density at radius 3 is 2.11 bits per heavy atom. The van der Waals surface area contributed by atoms with E-state index in [9.17, 15) is 14.4 Å². The lowest BCUT2D eigenvalue weighted by Gasteiger charge is -2.26. The van der Waals surface area contributed by atoms with Crippen molar-refractivity contribution >= 4 is 35.3 Å². The third kappa shape index (κ3) is 3.81. The maximum absolute atomic E-state index is 12.9. The van der Waals surface area contributed by atoms with Gasteiger partial charge in [-0.05, 0) is 56.7 Å². The molecule has 4 amide bonds. The first-order chi connectivity index (χ1) is 13.4. The van der Waals surface area contributed by atoms with Crippen LogP contribution in [0.25, 0.3) is 6.08 Å². The van der Waals surface area contributed by atoms with Gasteiger partial charge in [-0.2, -0.15) is 0 Å². The van der Waals surface area contributed by atoms with Crippen LogP contribution in [-0.2, 0) is 9.59 Å². The summed E-state index contributed by atoms with van der Waals surface area (Å²) in [6.45, 7) is 7.87. The van der Waals surface area contributed by atoms with Crippen LogP contribution in [0.3, 0.4) is 0 Å². The van der Waals surface area contributed by atoms with E-state index in [4.69, 9.17) is 0 Å². The molecule has 0 aliphatic carbocycles. The van der Waals surface area contributed by atoms with Gasteiger partial charge in [0, 0.05) is 18.8 Å². The van der Waals surface area contributed by atoms with E-state index >= 15 is 0 Å². The molecule has 28 heavy (non-hydrogen) atoms. The second-order valence-corrected chi connectivity index (χ2v) is 6.56. The largest absolute Gasteiger partial charge is 0.372 e. The molecule has 1 aliphatic rings. The number of anilines is 2. The molecular formula is C22H23N3O3. The van der Waals surface area contributed by atoms with E-state index in [1.54, 1.807) is 12.1 Å². The van der Waals surface area contributed by atoms with E-state index in [2.05, 4.69) is 24.1 Å². The van der Waals surface area contributed by atoms with Crippen LogP contribution < -0.4 is 15.1 Å². The Kier molecular flexibility index (Phi) is 5.59. The van der Waals surface area contributed by atoms with E-state index in [1.807, 2.05) is 43.3 Å². The number of rotatable bonds is 5. The number of aryl methyl sites for hydroxylation is 1. The Bertz CT molecular complexity index is 927. The summed E-state index contributed by atoms with van der Waals surface area (Å²) in [5.41, 5.74) is 3.14. The zero-order valence-corrected chi connectivity index (χ0v) is 16.2. The predicted molar refractivity (Wildman–Crippen MR) is 110 cm³/mol. The van der Waals surface area contributed by atoms with Crippen LogP contribution in [0.5, 0.6) is 0 Å². The maximum Gasteiger partial charge on any atom is 0.335 e. The van der Waals surface area contributed by atoms with Crippen LogP contribution in [0.15, 0.2) is 54.1 Å². The Hall–Kier alpha value is -3.41. The number of amides is 4. The van der Waals surface area contributed by atoms with Crippen molar-refractivity contribution in [3.05, 3.63) is 65.2 Å². The molecule has 1 fully saturated rings. The topological polar surface area (TPSA) is 69.7 Å². The second kappa shape index (κ2) is 8.08. The van der Waals surface area contributed by atoms with Crippen LogP contribution in [0, 0.1) is 6.92 Å². The third-order valence-electron chi connectivity index (χ3n) is 4.73. The normalized spacial score (nSPS) is 15.8. The van der Waals surface area contributed by atoms with Gasteiger partial charge in [-0.25, -0.2) is 9.69 Å². The molecule has 2 aromatic carbocycles. The number of barbiturate groups is 1. The predicted octanol–water partition coefficient (Wildman–Crippen LogP) is 3.51. The molecule has 6 heteroatoms. The Morgan fingerprint density at radius 2 is 1.54 bits per heavy atom. The van der Waals surface area contributed by atoms with Crippen molar-refractivity contribution in [1.82, 2.24) is 5.32 Å². The van der Waals surface area contributed by atoms with Crippen molar-refractivity contribution in [3.63, 3.8) is 0 Å². The highest BCUT2D eigenvalue weighted by Crippen LogP contribution is 2.23. The van der Waals surface area contributed by atoms with Crippen LogP contribution in [-0.4, -0.2) is 30.9 Å². The minimum absolute atomic E-state index is 0.0734. The molecule has 1 saturated heterocycles. The molecular weight excluding hydrogens is 354 g/mol. The summed E-state index contributed by atoms with van der Waals surface area (Å²) in [5, 5.41) is 2.24. The third-order valence-corrected chi connectivity index (χ3v) is 4.73. The number of nitrogens with zero attached hydrogens (tertiary/aromatic N) is 2. The van der Waals surface area contributed by atoms with Gasteiger partial charge in [0.1, 0.15) is 5.57 Å². The number of imide groups is 2. The fourth-order valence-electron chi connectivity index (χ4n) is 3.12. The SMILES string of the molecule is CCN(CC)c1ccc(/C=C2/C(=O)NC(=O)N(c3ccc(C)cc3)C2=O)cc1. The van der Waals surface area contributed by atoms with Gasteiger partial charge >= 0.3 is 6.03 Å². The zero-order chi connectivity index (χ0) is 20.3. The highest BCUT2D eigenvalue weighted by atomic mass is 16.2. The molecule has 0 radical (unpaired) electrons. The summed E-state index contributed by atoms with van der Waals surface area (Å²) in [7, 11) is 0. The van der Waals surface area contributed by atoms with Crippen LogP contribution in [0.1, 0.15) is 25.0 Å². The molecule has 1 aliphatic heterocycles. The Labute approximate surface area is 164 Å². The molecule has 1 N–H and O–H groups in total. The van der Waals surface area contributed by atoms with E-state index in [0.29, 0.717) is 11.3 Å². The monoisotopic (exact) mass is 377 g/mol. The highest BCUT2D eigenvalue weighted by molar-refractivity contribution is 6.39. The summed E-state index contributed by atoms with van der Waals surface area (Å²) in [4.78, 5) is 40.5. The number of carbonyl (C=O) groups is 3. The average Bonchev–Trinajstić information content (AvgIpc) is 2.68. The van der Waals surface area contributed by atoms with E-state index < -0.39 is 17.8 Å². The lowest BCUT2D eigenvalue weighted by Crippen LogP contribution is -2.54. The molecule has 0 bridgehead atoms. The average molecular weight is 377 g/mol. The van der Waals surface area contributed by atoms with Crippen molar-refractivity contribution in [2.75, 3.05) is 22.9 Å². The molecule has 144 valence electrons. The Balaban J connectivity index is 1.91. The van der Waals surface area contributed by atoms with E-state index in [-0.39, 0.29) is 5.57 Å². The van der Waals surface area contributed by atoms with Gasteiger partial charge < -0.3 is 4.90 Å². The summed E-state index contributed by atoms with van der Waals surface area (Å²) in [5.74, 6) is -1.32. The van der Waals surface area contributed by atoms with Crippen molar-refractivity contribution < 1.29 is 14.4 Å². The molecule has 6 nitrogen and oxygen atoms in total. The van der Waals surface area contributed by atoms with Gasteiger partial charge in [-0.1, -0.05) is 29.8 Å². The summed E-state index contributed by atoms with van der Waals surface area (Å²) < 4.78 is 0. The highest BCUT2D eigenvalue weighted by Gasteiger charge is 2.36. The first-order valence-corrected chi connectivity index (χ1v) is 9.27. The fraction of sp³-hybridized carbons (Fsp3) is 0.227. The number of urea groups is 1. The number of benzene rings is 2. The summed E-state index contributed by atoms with van der Waals surface area (Å²) >= 11 is 0. The molecule has 0 unspecified atom stereocenters. The van der Waals surface area contributed by atoms with Gasteiger partial charge in [0.15, 0.2) is 0 Å². The first kappa shape index (κ1) is 19.4. The number of hydrogen-bond donors (Lipinski definition) is 1. The van der Waals surface area contributed by atoms with Gasteiger partial charge in [0.05, 0.1) is 5.69 Å². The molecule has 0 atom stereocenters. The molecule has 0 saturated carbocycles. The van der Waals surface area contributed by atoms with Gasteiger partial charge in [0.2, 0.25) is 0 Å². The molecule has 0 aromatic heterocycles. The van der Waals surface area contributed by atoms with Crippen molar-refractivity contribution in [2.24, 2.45) is 0 Å². The summed E-state index contributed by atoms with van der Waals surface area (Å²) in [6.07, 6.45) is 1.51. The first-order valence-electron chi connectivity index (χ1n) is 9.27.